The molecule has 1 aliphatic rings. The highest BCUT2D eigenvalue weighted by atomic mass is 32.2. The summed E-state index contributed by atoms with van der Waals surface area (Å²) in [6, 6.07) is 0. The van der Waals surface area contributed by atoms with Gasteiger partial charge in [0, 0.05) is 5.54 Å². The van der Waals surface area contributed by atoms with Gasteiger partial charge in [-0.15, -0.1) is 0 Å². The average Bonchev–Trinajstić information content (AvgIpc) is 1.57. The lowest BCUT2D eigenvalue weighted by molar-refractivity contribution is 0.248. The van der Waals surface area contributed by atoms with Crippen LogP contribution in [0, 0.1) is 0 Å². The molecule has 1 rings (SSSR count). The van der Waals surface area contributed by atoms with E-state index >= 15 is 0 Å². The third kappa shape index (κ3) is 1.95. The van der Waals surface area contributed by atoms with Crippen molar-refractivity contribution in [3.05, 3.63) is 0 Å². The van der Waals surface area contributed by atoms with Gasteiger partial charge in [0.05, 0.1) is 6.26 Å². The van der Waals surface area contributed by atoms with Crippen LogP contribution in [0.5, 0.6) is 0 Å². The number of hydrogen-bond donors (Lipinski definition) is 1. The fraction of sp³-hybridized carbons (Fsp3) is 1.00. The van der Waals surface area contributed by atoms with Gasteiger partial charge >= 0.3 is 0 Å². The molecule has 4 heteroatoms. The monoisotopic (exact) mass is 163 g/mol. The van der Waals surface area contributed by atoms with Crippen molar-refractivity contribution in [1.29, 1.82) is 0 Å². The fourth-order valence-corrected chi connectivity index (χ4v) is 2.36. The van der Waals surface area contributed by atoms with Crippen LogP contribution in [0.2, 0.25) is 0 Å². The molecule has 0 amide bonds. The van der Waals surface area contributed by atoms with Gasteiger partial charge in [-0.25, -0.2) is 13.1 Å². The van der Waals surface area contributed by atoms with E-state index in [0.717, 1.165) is 19.3 Å². The normalized spacial score (nSPS) is 23.8. The Morgan fingerprint density at radius 2 is 1.90 bits per heavy atom. The molecule has 1 fully saturated rings. The summed E-state index contributed by atoms with van der Waals surface area (Å²) in [5, 5.41) is 0. The van der Waals surface area contributed by atoms with Crippen molar-refractivity contribution in [2.24, 2.45) is 0 Å². The zero-order valence-electron chi connectivity index (χ0n) is 6.35. The molecule has 0 aliphatic heterocycles. The molecule has 0 unspecified atom stereocenters. The van der Waals surface area contributed by atoms with E-state index in [1.54, 1.807) is 0 Å². The van der Waals surface area contributed by atoms with E-state index in [0.29, 0.717) is 0 Å². The van der Waals surface area contributed by atoms with Gasteiger partial charge in [0.1, 0.15) is 0 Å². The summed E-state index contributed by atoms with van der Waals surface area (Å²) in [6.45, 7) is 1.94. The van der Waals surface area contributed by atoms with Crippen LogP contribution in [0.1, 0.15) is 26.2 Å². The van der Waals surface area contributed by atoms with Gasteiger partial charge in [-0.05, 0) is 26.2 Å². The number of hydrogen-bond acceptors (Lipinski definition) is 2. The van der Waals surface area contributed by atoms with Gasteiger partial charge in [0.2, 0.25) is 10.0 Å². The molecule has 0 saturated heterocycles. The Balaban J connectivity index is 2.53. The second-order valence-corrected chi connectivity index (χ2v) is 5.04. The van der Waals surface area contributed by atoms with E-state index in [1.165, 1.54) is 6.26 Å². The van der Waals surface area contributed by atoms with Crippen LogP contribution in [-0.2, 0) is 10.0 Å². The van der Waals surface area contributed by atoms with Crippen LogP contribution in [0.15, 0.2) is 0 Å². The van der Waals surface area contributed by atoms with Gasteiger partial charge < -0.3 is 0 Å². The van der Waals surface area contributed by atoms with Crippen LogP contribution >= 0.6 is 0 Å². The second kappa shape index (κ2) is 2.20. The quantitative estimate of drug-likeness (QED) is 0.643. The summed E-state index contributed by atoms with van der Waals surface area (Å²) in [5.41, 5.74) is -0.131. The summed E-state index contributed by atoms with van der Waals surface area (Å²) >= 11 is 0. The maximum absolute atomic E-state index is 10.7. The lowest BCUT2D eigenvalue weighted by atomic mass is 9.80. The third-order valence-corrected chi connectivity index (χ3v) is 2.75. The summed E-state index contributed by atoms with van der Waals surface area (Å²) in [7, 11) is -2.99. The Bertz CT molecular complexity index is 216. The van der Waals surface area contributed by atoms with Crippen molar-refractivity contribution >= 4 is 10.0 Å². The number of nitrogens with one attached hydrogen (secondary N) is 1. The summed E-state index contributed by atoms with van der Waals surface area (Å²) in [6.07, 6.45) is 4.29. The first-order valence-electron chi connectivity index (χ1n) is 3.40. The molecular weight excluding hydrogens is 150 g/mol. The van der Waals surface area contributed by atoms with Crippen molar-refractivity contribution < 1.29 is 8.42 Å². The van der Waals surface area contributed by atoms with E-state index in [1.807, 2.05) is 6.92 Å². The molecule has 0 bridgehead atoms. The van der Waals surface area contributed by atoms with Crippen LogP contribution < -0.4 is 4.72 Å². The minimum Gasteiger partial charge on any atom is -0.213 e. The van der Waals surface area contributed by atoms with Crippen molar-refractivity contribution in [3.8, 4) is 0 Å². The molecule has 1 N–H and O–H groups in total. The van der Waals surface area contributed by atoms with Crippen LogP contribution in [0.25, 0.3) is 0 Å². The van der Waals surface area contributed by atoms with Crippen molar-refractivity contribution in [2.75, 3.05) is 6.26 Å². The molecule has 0 heterocycles. The largest absolute Gasteiger partial charge is 0.213 e. The maximum Gasteiger partial charge on any atom is 0.209 e. The van der Waals surface area contributed by atoms with Crippen molar-refractivity contribution in [2.45, 2.75) is 31.7 Å². The Kier molecular flexibility index (Phi) is 1.76. The minimum absolute atomic E-state index is 0.131. The molecule has 60 valence electrons. The van der Waals surface area contributed by atoms with E-state index in [-0.39, 0.29) is 5.54 Å². The van der Waals surface area contributed by atoms with E-state index < -0.39 is 10.0 Å². The molecule has 10 heavy (non-hydrogen) atoms. The zero-order chi connectivity index (χ0) is 7.83. The summed E-state index contributed by atoms with van der Waals surface area (Å²) in [4.78, 5) is 0. The molecule has 1 aliphatic carbocycles. The van der Waals surface area contributed by atoms with Crippen LogP contribution in [0.4, 0.5) is 0 Å². The minimum atomic E-state index is -2.99. The summed E-state index contributed by atoms with van der Waals surface area (Å²) in [5.74, 6) is 0. The Hall–Kier alpha value is -0.0900. The zero-order valence-corrected chi connectivity index (χ0v) is 7.16. The van der Waals surface area contributed by atoms with E-state index in [2.05, 4.69) is 4.72 Å². The van der Waals surface area contributed by atoms with Gasteiger partial charge in [0.25, 0.3) is 0 Å². The molecule has 0 radical (unpaired) electrons. The molecular formula is C6H13NO2S. The highest BCUT2D eigenvalue weighted by Crippen LogP contribution is 2.31. The van der Waals surface area contributed by atoms with Crippen LogP contribution in [-0.4, -0.2) is 20.2 Å². The Morgan fingerprint density at radius 3 is 2.00 bits per heavy atom. The first-order valence-corrected chi connectivity index (χ1v) is 5.29. The van der Waals surface area contributed by atoms with Crippen molar-refractivity contribution in [3.63, 3.8) is 0 Å². The lowest BCUT2D eigenvalue weighted by Gasteiger charge is -2.38. The van der Waals surface area contributed by atoms with Gasteiger partial charge in [-0.3, -0.25) is 0 Å². The molecule has 3 nitrogen and oxygen atoms in total. The highest BCUT2D eigenvalue weighted by Gasteiger charge is 2.33. The summed E-state index contributed by atoms with van der Waals surface area (Å²) < 4.78 is 24.1. The smallest absolute Gasteiger partial charge is 0.209 e. The van der Waals surface area contributed by atoms with E-state index in [4.69, 9.17) is 0 Å². The number of rotatable bonds is 2. The number of sulfonamides is 1. The topological polar surface area (TPSA) is 46.2 Å². The van der Waals surface area contributed by atoms with Gasteiger partial charge in [0.15, 0.2) is 0 Å². The first-order chi connectivity index (χ1) is 4.41. The predicted molar refractivity (Wildman–Crippen MR) is 40.2 cm³/mol. The SMILES string of the molecule is CC1(NS(C)(=O)=O)CCC1. The Morgan fingerprint density at radius 1 is 1.40 bits per heavy atom. The standard InChI is InChI=1S/C6H13NO2S/c1-6(4-3-5-6)7-10(2,8)9/h7H,3-5H2,1-2H3. The highest BCUT2D eigenvalue weighted by molar-refractivity contribution is 7.88. The Labute approximate surface area is 61.9 Å². The molecule has 0 aromatic heterocycles. The van der Waals surface area contributed by atoms with Crippen LogP contribution in [0.3, 0.4) is 0 Å². The fourth-order valence-electron chi connectivity index (χ4n) is 1.26. The van der Waals surface area contributed by atoms with Crippen molar-refractivity contribution in [1.82, 2.24) is 4.72 Å². The predicted octanol–water partition coefficient (Wildman–Crippen LogP) is 0.478. The maximum atomic E-state index is 10.7. The first kappa shape index (κ1) is 8.01. The third-order valence-electron chi connectivity index (χ3n) is 1.89. The molecule has 1 saturated carbocycles. The lowest BCUT2D eigenvalue weighted by Crippen LogP contribution is -2.50. The van der Waals surface area contributed by atoms with E-state index in [9.17, 15) is 8.42 Å². The molecule has 0 aromatic carbocycles. The van der Waals surface area contributed by atoms with Gasteiger partial charge in [-0.1, -0.05) is 0 Å². The molecule has 0 aromatic rings. The molecule has 0 atom stereocenters. The second-order valence-electron chi connectivity index (χ2n) is 3.29. The average molecular weight is 163 g/mol. The molecule has 0 spiro atoms. The van der Waals surface area contributed by atoms with Gasteiger partial charge in [-0.2, -0.15) is 0 Å².